The normalized spacial score (nSPS) is 16.6. The molecule has 1 fully saturated rings. The van der Waals surface area contributed by atoms with Gasteiger partial charge in [-0.2, -0.15) is 4.98 Å². The van der Waals surface area contributed by atoms with Gasteiger partial charge in [0.25, 0.3) is 5.91 Å². The maximum absolute atomic E-state index is 12.3. The van der Waals surface area contributed by atoms with Crippen molar-refractivity contribution in [3.8, 4) is 17.4 Å². The van der Waals surface area contributed by atoms with Gasteiger partial charge in [0.15, 0.2) is 18.1 Å². The molecule has 7 nitrogen and oxygen atoms in total. The summed E-state index contributed by atoms with van der Waals surface area (Å²) in [5, 5.41) is 0. The summed E-state index contributed by atoms with van der Waals surface area (Å²) in [6, 6.07) is 8.99. The van der Waals surface area contributed by atoms with Crippen molar-refractivity contribution in [2.24, 2.45) is 0 Å². The molecule has 0 saturated carbocycles. The number of rotatable bonds is 6. The van der Waals surface area contributed by atoms with Gasteiger partial charge < -0.3 is 19.1 Å². The minimum Gasteiger partial charge on any atom is -0.493 e. The van der Waals surface area contributed by atoms with Gasteiger partial charge in [-0.1, -0.05) is 12.1 Å². The van der Waals surface area contributed by atoms with Crippen molar-refractivity contribution in [3.05, 3.63) is 42.4 Å². The summed E-state index contributed by atoms with van der Waals surface area (Å²) >= 11 is 0. The number of nitrogens with zero attached hydrogens (tertiary/aromatic N) is 3. The monoisotopic (exact) mass is 343 g/mol. The molecule has 25 heavy (non-hydrogen) atoms. The van der Waals surface area contributed by atoms with Crippen molar-refractivity contribution in [1.29, 1.82) is 0 Å². The topological polar surface area (TPSA) is 73.8 Å². The summed E-state index contributed by atoms with van der Waals surface area (Å²) < 4.78 is 16.6. The third-order valence-corrected chi connectivity index (χ3v) is 3.96. The predicted octanol–water partition coefficient (Wildman–Crippen LogP) is 1.85. The molecule has 2 aromatic rings. The number of ether oxygens (including phenoxy) is 3. The van der Waals surface area contributed by atoms with Crippen LogP contribution in [0.15, 0.2) is 36.5 Å². The summed E-state index contributed by atoms with van der Waals surface area (Å²) in [6.07, 6.45) is 2.37. The largest absolute Gasteiger partial charge is 0.493 e. The van der Waals surface area contributed by atoms with Gasteiger partial charge in [-0.3, -0.25) is 4.79 Å². The van der Waals surface area contributed by atoms with E-state index in [0.29, 0.717) is 36.3 Å². The van der Waals surface area contributed by atoms with Crippen molar-refractivity contribution >= 4 is 5.91 Å². The van der Waals surface area contributed by atoms with Crippen LogP contribution in [0.4, 0.5) is 0 Å². The summed E-state index contributed by atoms with van der Waals surface area (Å²) in [7, 11) is 1.57. The van der Waals surface area contributed by atoms with Gasteiger partial charge in [0.2, 0.25) is 5.88 Å². The number of hydrogen-bond donors (Lipinski definition) is 0. The molecule has 1 aliphatic rings. The van der Waals surface area contributed by atoms with Gasteiger partial charge in [-0.25, -0.2) is 4.98 Å². The Hall–Kier alpha value is -2.83. The van der Waals surface area contributed by atoms with E-state index in [-0.39, 0.29) is 18.6 Å². The lowest BCUT2D eigenvalue weighted by Crippen LogP contribution is -2.34. The van der Waals surface area contributed by atoms with E-state index >= 15 is 0 Å². The number of aromatic nitrogens is 2. The van der Waals surface area contributed by atoms with Gasteiger partial charge in [-0.05, 0) is 19.1 Å². The second-order valence-electron chi connectivity index (χ2n) is 5.75. The predicted molar refractivity (Wildman–Crippen MR) is 90.9 cm³/mol. The average Bonchev–Trinajstić information content (AvgIpc) is 3.08. The molecule has 7 heteroatoms. The van der Waals surface area contributed by atoms with E-state index in [0.717, 1.165) is 6.42 Å². The number of para-hydroxylation sites is 2. The summed E-state index contributed by atoms with van der Waals surface area (Å²) in [6.45, 7) is 2.95. The molecule has 132 valence electrons. The minimum atomic E-state index is -0.0733. The third-order valence-electron chi connectivity index (χ3n) is 3.96. The highest BCUT2D eigenvalue weighted by atomic mass is 16.5. The van der Waals surface area contributed by atoms with Crippen LogP contribution in [0, 0.1) is 6.92 Å². The van der Waals surface area contributed by atoms with E-state index < -0.39 is 0 Å². The Morgan fingerprint density at radius 2 is 2.08 bits per heavy atom. The number of hydrogen-bond acceptors (Lipinski definition) is 6. The lowest BCUT2D eigenvalue weighted by atomic mass is 10.3. The Balaban J connectivity index is 1.50. The van der Waals surface area contributed by atoms with E-state index in [1.54, 1.807) is 36.4 Å². The zero-order chi connectivity index (χ0) is 17.6. The molecule has 3 rings (SSSR count). The van der Waals surface area contributed by atoms with Crippen LogP contribution in [0.1, 0.15) is 12.2 Å². The number of carbonyl (C=O) groups excluding carboxylic acids is 1. The van der Waals surface area contributed by atoms with Crippen molar-refractivity contribution in [2.75, 3.05) is 26.8 Å². The van der Waals surface area contributed by atoms with Gasteiger partial charge in [0.1, 0.15) is 11.9 Å². The van der Waals surface area contributed by atoms with Gasteiger partial charge in [-0.15, -0.1) is 0 Å². The SMILES string of the molecule is COc1ccccc1OCC(=O)N1CC[C@@H](Oc2ccnc(C)n2)C1. The number of carbonyl (C=O) groups is 1. The Morgan fingerprint density at radius 1 is 1.28 bits per heavy atom. The van der Waals surface area contributed by atoms with Crippen LogP contribution in [-0.4, -0.2) is 53.7 Å². The standard InChI is InChI=1S/C18H21N3O4/c1-13-19-9-7-17(20-13)25-14-8-10-21(11-14)18(22)12-24-16-6-4-3-5-15(16)23-2/h3-7,9,14H,8,10-12H2,1-2H3/t14-/m1/s1. The second-order valence-corrected chi connectivity index (χ2v) is 5.75. The van der Waals surface area contributed by atoms with Crippen LogP contribution in [0.5, 0.6) is 17.4 Å². The molecule has 1 aromatic carbocycles. The number of likely N-dealkylation sites (tertiary alicyclic amines) is 1. The van der Waals surface area contributed by atoms with Crippen LogP contribution in [0.25, 0.3) is 0 Å². The average molecular weight is 343 g/mol. The Morgan fingerprint density at radius 3 is 2.84 bits per heavy atom. The highest BCUT2D eigenvalue weighted by molar-refractivity contribution is 5.78. The van der Waals surface area contributed by atoms with Crippen molar-refractivity contribution in [1.82, 2.24) is 14.9 Å². The third kappa shape index (κ3) is 4.37. The second kappa shape index (κ2) is 7.83. The van der Waals surface area contributed by atoms with Gasteiger partial charge in [0, 0.05) is 25.2 Å². The maximum Gasteiger partial charge on any atom is 0.260 e. The molecule has 1 atom stereocenters. The van der Waals surface area contributed by atoms with Crippen molar-refractivity contribution in [3.63, 3.8) is 0 Å². The summed E-state index contributed by atoms with van der Waals surface area (Å²) in [5.74, 6) is 2.29. The fraction of sp³-hybridized carbons (Fsp3) is 0.389. The molecule has 0 spiro atoms. The number of aryl methyl sites for hydroxylation is 1. The first kappa shape index (κ1) is 17.0. The molecule has 0 aliphatic carbocycles. The smallest absolute Gasteiger partial charge is 0.260 e. The fourth-order valence-corrected chi connectivity index (χ4v) is 2.69. The molecule has 0 N–H and O–H groups in total. The van der Waals surface area contributed by atoms with Gasteiger partial charge >= 0.3 is 0 Å². The van der Waals surface area contributed by atoms with Crippen LogP contribution in [0.2, 0.25) is 0 Å². The van der Waals surface area contributed by atoms with Crippen LogP contribution < -0.4 is 14.2 Å². The van der Waals surface area contributed by atoms with E-state index in [4.69, 9.17) is 14.2 Å². The van der Waals surface area contributed by atoms with Crippen molar-refractivity contribution in [2.45, 2.75) is 19.4 Å². The lowest BCUT2D eigenvalue weighted by Gasteiger charge is -2.18. The molecule has 1 aliphatic heterocycles. The maximum atomic E-state index is 12.3. The molecule has 1 amide bonds. The van der Waals surface area contributed by atoms with E-state index in [1.165, 1.54) is 0 Å². The molecule has 0 unspecified atom stereocenters. The fourth-order valence-electron chi connectivity index (χ4n) is 2.69. The molecule has 0 radical (unpaired) electrons. The Kier molecular flexibility index (Phi) is 5.33. The quantitative estimate of drug-likeness (QED) is 0.797. The number of benzene rings is 1. The number of amides is 1. The minimum absolute atomic E-state index is 0.0281. The molecule has 0 bridgehead atoms. The van der Waals surface area contributed by atoms with E-state index in [2.05, 4.69) is 9.97 Å². The molecule has 1 saturated heterocycles. The van der Waals surface area contributed by atoms with Crippen LogP contribution in [0.3, 0.4) is 0 Å². The molecule has 1 aromatic heterocycles. The van der Waals surface area contributed by atoms with Crippen molar-refractivity contribution < 1.29 is 19.0 Å². The first-order valence-electron chi connectivity index (χ1n) is 8.15. The Bertz CT molecular complexity index is 738. The first-order chi connectivity index (χ1) is 12.2. The van der Waals surface area contributed by atoms with E-state index in [1.807, 2.05) is 19.1 Å². The highest BCUT2D eigenvalue weighted by Gasteiger charge is 2.28. The van der Waals surface area contributed by atoms with Crippen LogP contribution in [-0.2, 0) is 4.79 Å². The number of methoxy groups -OCH3 is 1. The lowest BCUT2D eigenvalue weighted by molar-refractivity contribution is -0.132. The van der Waals surface area contributed by atoms with E-state index in [9.17, 15) is 4.79 Å². The summed E-state index contributed by atoms with van der Waals surface area (Å²) in [5.41, 5.74) is 0. The zero-order valence-electron chi connectivity index (χ0n) is 14.3. The van der Waals surface area contributed by atoms with Gasteiger partial charge in [0.05, 0.1) is 13.7 Å². The molecule has 2 heterocycles. The summed E-state index contributed by atoms with van der Waals surface area (Å²) in [4.78, 5) is 22.4. The molecular weight excluding hydrogens is 322 g/mol. The Labute approximate surface area is 146 Å². The highest BCUT2D eigenvalue weighted by Crippen LogP contribution is 2.26. The zero-order valence-corrected chi connectivity index (χ0v) is 14.3. The molecular formula is C18H21N3O4. The first-order valence-corrected chi connectivity index (χ1v) is 8.15. The van der Waals surface area contributed by atoms with Crippen LogP contribution >= 0.6 is 0 Å².